The van der Waals surface area contributed by atoms with Crippen LogP contribution in [0.1, 0.15) is 291 Å². The monoisotopic (exact) mass is 705 g/mol. The molecule has 0 aromatic rings. The van der Waals surface area contributed by atoms with Crippen LogP contribution in [0.2, 0.25) is 0 Å². The molecule has 0 amide bonds. The Labute approximate surface area is 320 Å². The highest BCUT2D eigenvalue weighted by Crippen LogP contribution is 2.22. The summed E-state index contributed by atoms with van der Waals surface area (Å²) in [5.74, 6) is 0. The molecule has 0 aromatic carbocycles. The Bertz CT molecular complexity index is 519. The molecule has 0 N–H and O–H groups in total. The predicted octanol–water partition coefficient (Wildman–Crippen LogP) is 17.9. The van der Waals surface area contributed by atoms with Crippen molar-refractivity contribution in [1.29, 1.82) is 0 Å². The molecule has 50 heavy (non-hydrogen) atoms. The number of unbranched alkanes of at least 4 members (excludes halogenated alkanes) is 37. The molecule has 0 spiro atoms. The maximum Gasteiger partial charge on any atom is 0.0786 e. The van der Waals surface area contributed by atoms with Gasteiger partial charge in [-0.3, -0.25) is 0 Å². The van der Waals surface area contributed by atoms with Crippen LogP contribution in [0.15, 0.2) is 0 Å². The van der Waals surface area contributed by atoms with Crippen LogP contribution in [0.25, 0.3) is 0 Å². The molecule has 0 heterocycles. The Balaban J connectivity index is 4.84. The fourth-order valence-electron chi connectivity index (χ4n) is 8.59. The fourth-order valence-corrected chi connectivity index (χ4v) is 8.59. The molecule has 0 aliphatic rings. The van der Waals surface area contributed by atoms with Crippen molar-refractivity contribution in [2.75, 3.05) is 26.2 Å². The van der Waals surface area contributed by atoms with E-state index in [1.807, 2.05) is 0 Å². The molecule has 0 aliphatic heterocycles. The molecule has 1 heteroatoms. The summed E-state index contributed by atoms with van der Waals surface area (Å²) >= 11 is 0. The van der Waals surface area contributed by atoms with Gasteiger partial charge in [0.05, 0.1) is 26.2 Å². The molecule has 0 unspecified atom stereocenters. The van der Waals surface area contributed by atoms with E-state index in [0.717, 1.165) is 0 Å². The van der Waals surface area contributed by atoms with E-state index in [1.165, 1.54) is 294 Å². The quantitative estimate of drug-likeness (QED) is 0.0437. The van der Waals surface area contributed by atoms with Gasteiger partial charge in [0.1, 0.15) is 0 Å². The van der Waals surface area contributed by atoms with E-state index in [9.17, 15) is 0 Å². The van der Waals surface area contributed by atoms with Crippen LogP contribution < -0.4 is 0 Å². The lowest BCUT2D eigenvalue weighted by molar-refractivity contribution is -0.929. The minimum Gasteiger partial charge on any atom is -0.324 e. The lowest BCUT2D eigenvalue weighted by Crippen LogP contribution is -2.50. The van der Waals surface area contributed by atoms with Gasteiger partial charge in [-0.05, 0) is 51.4 Å². The van der Waals surface area contributed by atoms with E-state index in [-0.39, 0.29) is 0 Å². The van der Waals surface area contributed by atoms with Crippen molar-refractivity contribution < 1.29 is 4.48 Å². The first-order valence-electron chi connectivity index (χ1n) is 24.6. The van der Waals surface area contributed by atoms with Crippen LogP contribution >= 0.6 is 0 Å². The summed E-state index contributed by atoms with van der Waals surface area (Å²) in [5.41, 5.74) is 0. The number of hydrogen-bond donors (Lipinski definition) is 0. The molecular weight excluding hydrogens is 603 g/mol. The van der Waals surface area contributed by atoms with Crippen molar-refractivity contribution in [1.82, 2.24) is 0 Å². The molecule has 0 aromatic heterocycles. The van der Waals surface area contributed by atoms with Gasteiger partial charge in [-0.1, -0.05) is 240 Å². The zero-order valence-corrected chi connectivity index (χ0v) is 36.3. The van der Waals surface area contributed by atoms with Crippen LogP contribution in [-0.4, -0.2) is 30.7 Å². The molecule has 0 saturated carbocycles. The lowest BCUT2D eigenvalue weighted by atomic mass is 10.0. The summed E-state index contributed by atoms with van der Waals surface area (Å²) in [6.45, 7) is 15.3. The summed E-state index contributed by atoms with van der Waals surface area (Å²) in [6, 6.07) is 0. The minimum atomic E-state index is 1.37. The molecule has 0 bridgehead atoms. The Morgan fingerprint density at radius 3 is 0.420 bits per heavy atom. The van der Waals surface area contributed by atoms with Gasteiger partial charge < -0.3 is 4.48 Å². The number of rotatable bonds is 45. The molecule has 302 valence electrons. The SMILES string of the molecule is CCCCCCCCCCCCC[N+](CCCCCCCCCC)(CCCCCCCCCCCCC)CCCCCCCCCCCCC. The average molecular weight is 705 g/mol. The predicted molar refractivity (Wildman–Crippen MR) is 232 cm³/mol. The van der Waals surface area contributed by atoms with Gasteiger partial charge in [0.2, 0.25) is 0 Å². The highest BCUT2D eigenvalue weighted by atomic mass is 15.3. The third kappa shape index (κ3) is 37.7. The standard InChI is InChI=1S/C49H102N/c1-5-9-13-17-21-25-28-31-35-39-43-47-50(46-42-38-34-24-20-16-12-8-4,48-44-40-36-32-29-26-22-18-14-10-6-2)49-45-41-37-33-30-27-23-19-15-11-7-3/h5-49H2,1-4H3/q+1. The van der Waals surface area contributed by atoms with Crippen molar-refractivity contribution in [2.45, 2.75) is 291 Å². The van der Waals surface area contributed by atoms with Crippen LogP contribution in [0.4, 0.5) is 0 Å². The maximum atomic E-state index is 2.35. The highest BCUT2D eigenvalue weighted by molar-refractivity contribution is 4.56. The summed E-state index contributed by atoms with van der Waals surface area (Å²) in [5, 5.41) is 0. The second-order valence-electron chi connectivity index (χ2n) is 17.3. The first kappa shape index (κ1) is 50.0. The van der Waals surface area contributed by atoms with Crippen molar-refractivity contribution >= 4 is 0 Å². The third-order valence-electron chi connectivity index (χ3n) is 12.2. The molecule has 0 atom stereocenters. The third-order valence-corrected chi connectivity index (χ3v) is 12.2. The Kier molecular flexibility index (Phi) is 43.3. The molecule has 0 saturated heterocycles. The minimum absolute atomic E-state index is 1.37. The molecule has 1 nitrogen and oxygen atoms in total. The van der Waals surface area contributed by atoms with Gasteiger partial charge in [0.25, 0.3) is 0 Å². The number of quaternary nitrogens is 1. The van der Waals surface area contributed by atoms with Crippen molar-refractivity contribution in [3.05, 3.63) is 0 Å². The summed E-state index contributed by atoms with van der Waals surface area (Å²) in [6.07, 6.45) is 60.2. The summed E-state index contributed by atoms with van der Waals surface area (Å²) in [4.78, 5) is 0. The number of hydrogen-bond acceptors (Lipinski definition) is 0. The maximum absolute atomic E-state index is 2.35. The van der Waals surface area contributed by atoms with E-state index in [2.05, 4.69) is 27.7 Å². The molecule has 0 rings (SSSR count). The second-order valence-corrected chi connectivity index (χ2v) is 17.3. The topological polar surface area (TPSA) is 0 Å². The first-order valence-corrected chi connectivity index (χ1v) is 24.6. The van der Waals surface area contributed by atoms with Gasteiger partial charge in [-0.25, -0.2) is 0 Å². The van der Waals surface area contributed by atoms with Gasteiger partial charge in [0.15, 0.2) is 0 Å². The smallest absolute Gasteiger partial charge is 0.0786 e. The Hall–Kier alpha value is -0.0400. The van der Waals surface area contributed by atoms with E-state index >= 15 is 0 Å². The Morgan fingerprint density at radius 2 is 0.280 bits per heavy atom. The number of nitrogens with zero attached hydrogens (tertiary/aromatic N) is 1. The van der Waals surface area contributed by atoms with Crippen LogP contribution in [-0.2, 0) is 0 Å². The van der Waals surface area contributed by atoms with Gasteiger partial charge in [-0.15, -0.1) is 0 Å². The van der Waals surface area contributed by atoms with Crippen LogP contribution in [0.3, 0.4) is 0 Å². The van der Waals surface area contributed by atoms with E-state index in [4.69, 9.17) is 0 Å². The Morgan fingerprint density at radius 1 is 0.160 bits per heavy atom. The van der Waals surface area contributed by atoms with Crippen LogP contribution in [0, 0.1) is 0 Å². The summed E-state index contributed by atoms with van der Waals surface area (Å²) in [7, 11) is 0. The first-order chi connectivity index (χ1) is 24.7. The average Bonchev–Trinajstić information content (AvgIpc) is 3.13. The lowest BCUT2D eigenvalue weighted by Gasteiger charge is -2.40. The van der Waals surface area contributed by atoms with E-state index < -0.39 is 0 Å². The van der Waals surface area contributed by atoms with Crippen LogP contribution in [0.5, 0.6) is 0 Å². The molecule has 0 radical (unpaired) electrons. The second kappa shape index (κ2) is 43.4. The van der Waals surface area contributed by atoms with E-state index in [1.54, 1.807) is 0 Å². The highest BCUT2D eigenvalue weighted by Gasteiger charge is 2.25. The molecule has 0 aliphatic carbocycles. The van der Waals surface area contributed by atoms with Crippen molar-refractivity contribution in [3.63, 3.8) is 0 Å². The van der Waals surface area contributed by atoms with Gasteiger partial charge in [0, 0.05) is 0 Å². The van der Waals surface area contributed by atoms with E-state index in [0.29, 0.717) is 0 Å². The van der Waals surface area contributed by atoms with Gasteiger partial charge in [-0.2, -0.15) is 0 Å². The zero-order chi connectivity index (χ0) is 36.3. The summed E-state index contributed by atoms with van der Waals surface area (Å²) < 4.78 is 1.49. The normalized spacial score (nSPS) is 12.0. The largest absolute Gasteiger partial charge is 0.324 e. The molecular formula is C49H102N+. The molecule has 0 fully saturated rings. The van der Waals surface area contributed by atoms with Crippen molar-refractivity contribution in [3.8, 4) is 0 Å². The van der Waals surface area contributed by atoms with Gasteiger partial charge >= 0.3 is 0 Å². The zero-order valence-electron chi connectivity index (χ0n) is 36.3. The fraction of sp³-hybridized carbons (Fsp3) is 1.00. The van der Waals surface area contributed by atoms with Crippen molar-refractivity contribution in [2.24, 2.45) is 0 Å².